The summed E-state index contributed by atoms with van der Waals surface area (Å²) in [6, 6.07) is 3.89. The molecule has 2 aliphatic heterocycles. The van der Waals surface area contributed by atoms with Crippen molar-refractivity contribution in [2.24, 2.45) is 0 Å². The van der Waals surface area contributed by atoms with E-state index in [9.17, 15) is 9.59 Å². The van der Waals surface area contributed by atoms with Crippen LogP contribution in [0.4, 0.5) is 4.79 Å². The summed E-state index contributed by atoms with van der Waals surface area (Å²) >= 11 is 2.61. The third-order valence-corrected chi connectivity index (χ3v) is 5.21. The molecule has 2 fully saturated rings. The molecule has 0 unspecified atom stereocenters. The predicted molar refractivity (Wildman–Crippen MR) is 82.4 cm³/mol. The molecule has 0 spiro atoms. The highest BCUT2D eigenvalue weighted by molar-refractivity contribution is 8.18. The average molecular weight is 308 g/mol. The Balaban J connectivity index is 1.70. The fraction of sp³-hybridized carbons (Fsp3) is 0.429. The number of thiophene rings is 1. The number of piperidine rings is 1. The van der Waals surface area contributed by atoms with Crippen molar-refractivity contribution in [1.29, 1.82) is 0 Å². The minimum Gasteiger partial charge on any atom is -0.286 e. The van der Waals surface area contributed by atoms with Crippen LogP contribution in [0.5, 0.6) is 0 Å². The van der Waals surface area contributed by atoms with Gasteiger partial charge in [-0.15, -0.1) is 11.3 Å². The van der Waals surface area contributed by atoms with Crippen molar-refractivity contribution in [2.75, 3.05) is 19.8 Å². The SMILES string of the molecule is O=C1S/C(=C/c2cccs2)C(=O)N1CN1CCCCC1. The number of amides is 2. The van der Waals surface area contributed by atoms with Gasteiger partial charge in [0.05, 0.1) is 11.6 Å². The van der Waals surface area contributed by atoms with Gasteiger partial charge in [-0.25, -0.2) is 0 Å². The summed E-state index contributed by atoms with van der Waals surface area (Å²) < 4.78 is 0. The standard InChI is InChI=1S/C14H16N2O2S2/c17-13-12(9-11-5-4-8-19-11)20-14(18)16(13)10-15-6-2-1-3-7-15/h4-5,8-9H,1-3,6-7,10H2/b12-9+. The number of likely N-dealkylation sites (tertiary alicyclic amines) is 1. The van der Waals surface area contributed by atoms with Crippen LogP contribution in [0.2, 0.25) is 0 Å². The van der Waals surface area contributed by atoms with Crippen molar-refractivity contribution in [3.63, 3.8) is 0 Å². The molecule has 2 saturated heterocycles. The van der Waals surface area contributed by atoms with Gasteiger partial charge in [-0.1, -0.05) is 12.5 Å². The normalized spacial score (nSPS) is 23.0. The Morgan fingerprint density at radius 3 is 2.70 bits per heavy atom. The van der Waals surface area contributed by atoms with Crippen LogP contribution in [-0.4, -0.2) is 40.7 Å². The van der Waals surface area contributed by atoms with Crippen LogP contribution in [0.3, 0.4) is 0 Å². The number of hydrogen-bond acceptors (Lipinski definition) is 5. The lowest BCUT2D eigenvalue weighted by Crippen LogP contribution is -2.42. The van der Waals surface area contributed by atoms with Gasteiger partial charge in [0, 0.05) is 4.88 Å². The average Bonchev–Trinajstić information content (AvgIpc) is 3.05. The summed E-state index contributed by atoms with van der Waals surface area (Å²) in [6.07, 6.45) is 5.37. The summed E-state index contributed by atoms with van der Waals surface area (Å²) in [4.78, 5) is 29.4. The molecule has 3 heterocycles. The smallest absolute Gasteiger partial charge is 0.286 e. The van der Waals surface area contributed by atoms with Gasteiger partial charge in [0.25, 0.3) is 11.1 Å². The molecular formula is C14H16N2O2S2. The van der Waals surface area contributed by atoms with Crippen LogP contribution in [-0.2, 0) is 4.79 Å². The van der Waals surface area contributed by atoms with Gasteiger partial charge in [-0.05, 0) is 55.2 Å². The first kappa shape index (κ1) is 13.9. The highest BCUT2D eigenvalue weighted by Crippen LogP contribution is 2.33. The van der Waals surface area contributed by atoms with Crippen molar-refractivity contribution in [3.05, 3.63) is 27.3 Å². The van der Waals surface area contributed by atoms with Crippen LogP contribution < -0.4 is 0 Å². The third kappa shape index (κ3) is 2.97. The second kappa shape index (κ2) is 6.11. The maximum absolute atomic E-state index is 12.3. The molecule has 1 aromatic heterocycles. The Bertz CT molecular complexity index is 533. The van der Waals surface area contributed by atoms with Gasteiger partial charge in [-0.2, -0.15) is 0 Å². The number of imide groups is 1. The van der Waals surface area contributed by atoms with E-state index in [1.807, 2.05) is 23.6 Å². The maximum Gasteiger partial charge on any atom is 0.294 e. The largest absolute Gasteiger partial charge is 0.294 e. The molecule has 1 aromatic rings. The predicted octanol–water partition coefficient (Wildman–Crippen LogP) is 3.23. The number of carbonyl (C=O) groups excluding carboxylic acids is 2. The molecule has 4 nitrogen and oxygen atoms in total. The van der Waals surface area contributed by atoms with Crippen molar-refractivity contribution in [1.82, 2.24) is 9.80 Å². The Hall–Kier alpha value is -1.11. The van der Waals surface area contributed by atoms with Gasteiger partial charge < -0.3 is 0 Å². The Morgan fingerprint density at radius 2 is 2.00 bits per heavy atom. The summed E-state index contributed by atoms with van der Waals surface area (Å²) in [5.41, 5.74) is 0. The molecule has 2 amide bonds. The molecule has 6 heteroatoms. The third-order valence-electron chi connectivity index (χ3n) is 3.48. The molecule has 0 aromatic carbocycles. The van der Waals surface area contributed by atoms with Crippen molar-refractivity contribution >= 4 is 40.3 Å². The lowest BCUT2D eigenvalue weighted by atomic mass is 10.1. The number of rotatable bonds is 3. The van der Waals surface area contributed by atoms with Crippen LogP contribution in [0, 0.1) is 0 Å². The van der Waals surface area contributed by atoms with Crippen molar-refractivity contribution in [3.8, 4) is 0 Å². The number of hydrogen-bond donors (Lipinski definition) is 0. The summed E-state index contributed by atoms with van der Waals surface area (Å²) in [7, 11) is 0. The molecule has 3 rings (SSSR count). The first-order valence-electron chi connectivity index (χ1n) is 6.75. The molecule has 0 atom stereocenters. The molecule has 106 valence electrons. The maximum atomic E-state index is 12.3. The summed E-state index contributed by atoms with van der Waals surface area (Å²) in [5.74, 6) is -0.154. The summed E-state index contributed by atoms with van der Waals surface area (Å²) in [5, 5.41) is 1.81. The van der Waals surface area contributed by atoms with E-state index in [0.29, 0.717) is 11.6 Å². The van der Waals surface area contributed by atoms with Gasteiger partial charge in [0.15, 0.2) is 0 Å². The molecular weight excluding hydrogens is 292 g/mol. The molecule has 0 saturated carbocycles. The minimum absolute atomic E-state index is 0.150. The monoisotopic (exact) mass is 308 g/mol. The molecule has 0 aliphatic carbocycles. The molecule has 0 N–H and O–H groups in total. The van der Waals surface area contributed by atoms with Gasteiger partial charge in [0.1, 0.15) is 0 Å². The van der Waals surface area contributed by atoms with E-state index in [4.69, 9.17) is 0 Å². The quantitative estimate of drug-likeness (QED) is 0.804. The van der Waals surface area contributed by atoms with Crippen molar-refractivity contribution in [2.45, 2.75) is 19.3 Å². The molecule has 2 aliphatic rings. The van der Waals surface area contributed by atoms with Crippen LogP contribution in [0.25, 0.3) is 6.08 Å². The van der Waals surface area contributed by atoms with Crippen molar-refractivity contribution < 1.29 is 9.59 Å². The zero-order valence-corrected chi connectivity index (χ0v) is 12.7. The topological polar surface area (TPSA) is 40.6 Å². The van der Waals surface area contributed by atoms with Crippen LogP contribution >= 0.6 is 23.1 Å². The van der Waals surface area contributed by atoms with Gasteiger partial charge in [0.2, 0.25) is 0 Å². The Kier molecular flexibility index (Phi) is 4.24. The van der Waals surface area contributed by atoms with E-state index in [1.54, 1.807) is 11.3 Å². The molecule has 0 bridgehead atoms. The first-order valence-corrected chi connectivity index (χ1v) is 8.45. The fourth-order valence-corrected chi connectivity index (χ4v) is 3.98. The second-order valence-electron chi connectivity index (χ2n) is 4.95. The highest BCUT2D eigenvalue weighted by atomic mass is 32.2. The highest BCUT2D eigenvalue weighted by Gasteiger charge is 2.36. The van der Waals surface area contributed by atoms with Gasteiger partial charge in [-0.3, -0.25) is 19.4 Å². The first-order chi connectivity index (χ1) is 9.74. The van der Waals surface area contributed by atoms with E-state index in [-0.39, 0.29) is 11.1 Å². The zero-order chi connectivity index (χ0) is 13.9. The Labute approximate surface area is 126 Å². The fourth-order valence-electron chi connectivity index (χ4n) is 2.43. The van der Waals surface area contributed by atoms with Gasteiger partial charge >= 0.3 is 0 Å². The number of nitrogens with zero attached hydrogens (tertiary/aromatic N) is 2. The van der Waals surface area contributed by atoms with E-state index in [2.05, 4.69) is 4.90 Å². The van der Waals surface area contributed by atoms with E-state index < -0.39 is 0 Å². The number of carbonyl (C=O) groups is 2. The lowest BCUT2D eigenvalue weighted by molar-refractivity contribution is -0.124. The van der Waals surface area contributed by atoms with Crippen LogP contribution in [0.15, 0.2) is 22.4 Å². The minimum atomic E-state index is -0.154. The van der Waals surface area contributed by atoms with E-state index >= 15 is 0 Å². The second-order valence-corrected chi connectivity index (χ2v) is 6.92. The summed E-state index contributed by atoms with van der Waals surface area (Å²) in [6.45, 7) is 2.39. The Morgan fingerprint density at radius 1 is 1.20 bits per heavy atom. The number of thioether (sulfide) groups is 1. The zero-order valence-electron chi connectivity index (χ0n) is 11.1. The lowest BCUT2D eigenvalue weighted by Gasteiger charge is -2.29. The van der Waals surface area contributed by atoms with E-state index in [0.717, 1.165) is 42.6 Å². The molecule has 20 heavy (non-hydrogen) atoms. The van der Waals surface area contributed by atoms with E-state index in [1.165, 1.54) is 11.3 Å². The molecule has 0 radical (unpaired) electrons. The van der Waals surface area contributed by atoms with Crippen LogP contribution in [0.1, 0.15) is 24.1 Å².